The quantitative estimate of drug-likeness (QED) is 0.824. The predicted octanol–water partition coefficient (Wildman–Crippen LogP) is 1.83. The molecule has 142 valence electrons. The molecule has 0 saturated carbocycles. The molecule has 2 aromatic rings. The van der Waals surface area contributed by atoms with E-state index in [0.717, 1.165) is 24.3 Å². The van der Waals surface area contributed by atoms with Gasteiger partial charge in [-0.25, -0.2) is 4.98 Å². The topological polar surface area (TPSA) is 66.8 Å². The number of carbonyl (C=O) groups excluding carboxylic acids is 2. The van der Waals surface area contributed by atoms with Gasteiger partial charge in [0.15, 0.2) is 12.4 Å². The highest BCUT2D eigenvalue weighted by atomic mass is 32.2. The average Bonchev–Trinajstić information content (AvgIpc) is 2.70. The van der Waals surface area contributed by atoms with Crippen molar-refractivity contribution in [3.63, 3.8) is 0 Å². The maximum atomic E-state index is 12.4. The van der Waals surface area contributed by atoms with Crippen molar-refractivity contribution >= 4 is 35.0 Å². The van der Waals surface area contributed by atoms with Gasteiger partial charge in [0.2, 0.25) is 11.8 Å². The molecule has 0 radical (unpaired) electrons. The number of thioether (sulfide) groups is 1. The van der Waals surface area contributed by atoms with Crippen molar-refractivity contribution in [2.75, 3.05) is 47.9 Å². The molecule has 1 fully saturated rings. The van der Waals surface area contributed by atoms with E-state index < -0.39 is 0 Å². The van der Waals surface area contributed by atoms with Gasteiger partial charge < -0.3 is 15.1 Å². The van der Waals surface area contributed by atoms with Crippen molar-refractivity contribution in [1.82, 2.24) is 4.90 Å². The summed E-state index contributed by atoms with van der Waals surface area (Å²) in [4.78, 5) is 31.5. The van der Waals surface area contributed by atoms with Crippen LogP contribution in [0.3, 0.4) is 0 Å². The lowest BCUT2D eigenvalue weighted by molar-refractivity contribution is -0.377. The van der Waals surface area contributed by atoms with Gasteiger partial charge in [-0.15, -0.1) is 11.8 Å². The highest BCUT2D eigenvalue weighted by molar-refractivity contribution is 8.00. The molecule has 2 amide bonds. The Labute approximate surface area is 164 Å². The Balaban J connectivity index is 1.36. The zero-order valence-corrected chi connectivity index (χ0v) is 16.3. The molecule has 1 aliphatic rings. The van der Waals surface area contributed by atoms with Gasteiger partial charge in [0.25, 0.3) is 0 Å². The van der Waals surface area contributed by atoms with E-state index in [-0.39, 0.29) is 17.6 Å². The number of aromatic nitrogens is 1. The first kappa shape index (κ1) is 19.2. The molecule has 1 saturated heterocycles. The number of amides is 2. The van der Waals surface area contributed by atoms with Crippen molar-refractivity contribution < 1.29 is 14.6 Å². The molecule has 0 bridgehead atoms. The number of aromatic amines is 1. The number of benzene rings is 1. The number of rotatable bonds is 6. The average molecular weight is 386 g/mol. The molecule has 1 aromatic carbocycles. The smallest absolute Gasteiger partial charge is 0.234 e. The van der Waals surface area contributed by atoms with Gasteiger partial charge in [-0.2, -0.15) is 0 Å². The number of piperazine rings is 1. The number of pyridine rings is 1. The van der Waals surface area contributed by atoms with Crippen LogP contribution in [0.1, 0.15) is 5.56 Å². The van der Waals surface area contributed by atoms with E-state index in [1.807, 2.05) is 60.6 Å². The lowest BCUT2D eigenvalue weighted by Crippen LogP contribution is -2.49. The van der Waals surface area contributed by atoms with Crippen LogP contribution in [0.4, 0.5) is 11.4 Å². The summed E-state index contributed by atoms with van der Waals surface area (Å²) >= 11 is 1.36. The molecule has 1 aromatic heterocycles. The van der Waals surface area contributed by atoms with Gasteiger partial charge in [-0.05, 0) is 19.1 Å². The number of hydrogen-bond acceptors (Lipinski definition) is 4. The number of nitrogens with zero attached hydrogens (tertiary/aromatic N) is 2. The fourth-order valence-corrected chi connectivity index (χ4v) is 3.68. The van der Waals surface area contributed by atoms with Crippen LogP contribution >= 0.6 is 11.8 Å². The largest absolute Gasteiger partial charge is 0.368 e. The van der Waals surface area contributed by atoms with Crippen LogP contribution in [0.25, 0.3) is 0 Å². The molecule has 0 unspecified atom stereocenters. The zero-order chi connectivity index (χ0) is 19.1. The first-order valence-corrected chi connectivity index (χ1v) is 10.2. The van der Waals surface area contributed by atoms with Gasteiger partial charge in [-0.3, -0.25) is 9.59 Å². The van der Waals surface area contributed by atoms with Crippen LogP contribution in [0, 0.1) is 6.92 Å². The molecule has 7 heteroatoms. The molecule has 1 aliphatic heterocycles. The van der Waals surface area contributed by atoms with Crippen LogP contribution < -0.4 is 15.2 Å². The van der Waals surface area contributed by atoms with Crippen molar-refractivity contribution in [2.24, 2.45) is 0 Å². The van der Waals surface area contributed by atoms with Crippen molar-refractivity contribution in [1.29, 1.82) is 0 Å². The van der Waals surface area contributed by atoms with E-state index in [1.165, 1.54) is 17.4 Å². The monoisotopic (exact) mass is 385 g/mol. The van der Waals surface area contributed by atoms with Gasteiger partial charge in [0.1, 0.15) is 0 Å². The Morgan fingerprint density at radius 3 is 2.33 bits per heavy atom. The Morgan fingerprint density at radius 2 is 1.67 bits per heavy atom. The summed E-state index contributed by atoms with van der Waals surface area (Å²) in [6, 6.07) is 11.8. The molecule has 0 atom stereocenters. The summed E-state index contributed by atoms with van der Waals surface area (Å²) < 4.78 is 0. The van der Waals surface area contributed by atoms with Crippen molar-refractivity contribution in [3.8, 4) is 0 Å². The maximum absolute atomic E-state index is 12.4. The zero-order valence-electron chi connectivity index (χ0n) is 15.5. The Morgan fingerprint density at radius 1 is 1.00 bits per heavy atom. The van der Waals surface area contributed by atoms with Crippen LogP contribution in [-0.4, -0.2) is 54.4 Å². The fraction of sp³-hybridized carbons (Fsp3) is 0.350. The molecule has 0 spiro atoms. The SMILES string of the molecule is Cc1ccc(NC(=O)CSCC(=O)N2CCN(c3cc[nH+]cc3)CC2)cc1. The van der Waals surface area contributed by atoms with Gasteiger partial charge >= 0.3 is 0 Å². The second-order valence-electron chi connectivity index (χ2n) is 6.53. The van der Waals surface area contributed by atoms with Crippen LogP contribution in [-0.2, 0) is 9.59 Å². The van der Waals surface area contributed by atoms with Crippen LogP contribution in [0.15, 0.2) is 48.8 Å². The minimum Gasteiger partial charge on any atom is -0.368 e. The van der Waals surface area contributed by atoms with Gasteiger partial charge in [0, 0.05) is 49.7 Å². The Kier molecular flexibility index (Phi) is 6.70. The van der Waals surface area contributed by atoms with E-state index >= 15 is 0 Å². The van der Waals surface area contributed by atoms with E-state index in [0.29, 0.717) is 18.8 Å². The minimum atomic E-state index is -0.0812. The molecule has 2 heterocycles. The van der Waals surface area contributed by atoms with Crippen LogP contribution in [0.2, 0.25) is 0 Å². The van der Waals surface area contributed by atoms with Gasteiger partial charge in [-0.1, -0.05) is 17.7 Å². The third kappa shape index (κ3) is 5.72. The van der Waals surface area contributed by atoms with Crippen molar-refractivity contribution in [3.05, 3.63) is 54.4 Å². The van der Waals surface area contributed by atoms with Crippen LogP contribution in [0.5, 0.6) is 0 Å². The summed E-state index contributed by atoms with van der Waals surface area (Å²) in [6.07, 6.45) is 3.82. The molecule has 0 aliphatic carbocycles. The van der Waals surface area contributed by atoms with Gasteiger partial charge in [0.05, 0.1) is 11.5 Å². The van der Waals surface area contributed by atoms with E-state index in [1.54, 1.807) is 0 Å². The van der Waals surface area contributed by atoms with Crippen molar-refractivity contribution in [2.45, 2.75) is 6.92 Å². The highest BCUT2D eigenvalue weighted by Gasteiger charge is 2.21. The number of nitrogens with one attached hydrogen (secondary N) is 2. The first-order valence-electron chi connectivity index (χ1n) is 9.05. The lowest BCUT2D eigenvalue weighted by Gasteiger charge is -2.35. The summed E-state index contributed by atoms with van der Waals surface area (Å²) in [6.45, 7) is 5.09. The third-order valence-electron chi connectivity index (χ3n) is 4.49. The molecule has 2 N–H and O–H groups in total. The minimum absolute atomic E-state index is 0.0812. The lowest BCUT2D eigenvalue weighted by atomic mass is 10.2. The first-order chi connectivity index (χ1) is 13.1. The second kappa shape index (κ2) is 9.41. The third-order valence-corrected chi connectivity index (χ3v) is 5.41. The standard InChI is InChI=1S/C20H24N4O2S/c1-16-2-4-17(5-3-16)22-19(25)14-27-15-20(26)24-12-10-23(11-13-24)18-6-8-21-9-7-18/h2-9H,10-15H2,1H3,(H,22,25)/p+1. The molecule has 6 nitrogen and oxygen atoms in total. The molecule has 27 heavy (non-hydrogen) atoms. The fourth-order valence-electron chi connectivity index (χ4n) is 2.96. The number of anilines is 2. The summed E-state index contributed by atoms with van der Waals surface area (Å²) in [5.41, 5.74) is 3.11. The molecular formula is C20H25N4O2S+. The van der Waals surface area contributed by atoms with E-state index in [4.69, 9.17) is 0 Å². The normalized spacial score (nSPS) is 14.1. The summed E-state index contributed by atoms with van der Waals surface area (Å²) in [7, 11) is 0. The summed E-state index contributed by atoms with van der Waals surface area (Å²) in [5, 5.41) is 2.85. The Hall–Kier alpha value is -2.54. The molecular weight excluding hydrogens is 360 g/mol. The number of H-pyrrole nitrogens is 1. The maximum Gasteiger partial charge on any atom is 0.234 e. The predicted molar refractivity (Wildman–Crippen MR) is 109 cm³/mol. The number of hydrogen-bond donors (Lipinski definition) is 1. The van der Waals surface area contributed by atoms with E-state index in [2.05, 4.69) is 15.2 Å². The molecule has 3 rings (SSSR count). The number of aryl methyl sites for hydroxylation is 1. The Bertz CT molecular complexity index is 759. The second-order valence-corrected chi connectivity index (χ2v) is 7.52. The number of carbonyl (C=O) groups is 2. The summed E-state index contributed by atoms with van der Waals surface area (Å²) in [5.74, 6) is 0.633. The van der Waals surface area contributed by atoms with E-state index in [9.17, 15) is 9.59 Å². The highest BCUT2D eigenvalue weighted by Crippen LogP contribution is 2.15.